The molecule has 0 saturated heterocycles. The van der Waals surface area contributed by atoms with Crippen LogP contribution in [-0.2, 0) is 6.54 Å². The van der Waals surface area contributed by atoms with Gasteiger partial charge < -0.3 is 4.74 Å². The van der Waals surface area contributed by atoms with Crippen molar-refractivity contribution in [2.75, 3.05) is 6.61 Å². The third kappa shape index (κ3) is 1.14. The summed E-state index contributed by atoms with van der Waals surface area (Å²) in [5.74, 6) is 0.659. The van der Waals surface area contributed by atoms with Gasteiger partial charge in [-0.05, 0) is 24.4 Å². The van der Waals surface area contributed by atoms with E-state index in [9.17, 15) is 4.79 Å². The van der Waals surface area contributed by atoms with Gasteiger partial charge in [-0.1, -0.05) is 0 Å². The van der Waals surface area contributed by atoms with E-state index in [0.29, 0.717) is 11.3 Å². The molecule has 1 aromatic rings. The van der Waals surface area contributed by atoms with Crippen molar-refractivity contribution in [2.45, 2.75) is 19.4 Å². The Bertz CT molecular complexity index is 409. The standard InChI is InChI=1S/C9H9ClN2O2/c10-8(13)6-3-7-12(11-6)4-9(1-2-9)5-14-7/h3H,1-2,4-5H2. The zero-order chi connectivity index (χ0) is 9.76. The van der Waals surface area contributed by atoms with E-state index < -0.39 is 5.24 Å². The molecular weight excluding hydrogens is 204 g/mol. The largest absolute Gasteiger partial charge is 0.477 e. The highest BCUT2D eigenvalue weighted by Crippen LogP contribution is 2.49. The fourth-order valence-electron chi connectivity index (χ4n) is 1.79. The van der Waals surface area contributed by atoms with E-state index in [1.165, 1.54) is 12.8 Å². The van der Waals surface area contributed by atoms with Crippen molar-refractivity contribution < 1.29 is 9.53 Å². The fraction of sp³-hybridized carbons (Fsp3) is 0.556. The van der Waals surface area contributed by atoms with Gasteiger partial charge >= 0.3 is 0 Å². The van der Waals surface area contributed by atoms with Crippen molar-refractivity contribution in [1.29, 1.82) is 0 Å². The predicted octanol–water partition coefficient (Wildman–Crippen LogP) is 1.43. The van der Waals surface area contributed by atoms with Crippen LogP contribution in [-0.4, -0.2) is 21.6 Å². The second kappa shape index (κ2) is 2.51. The van der Waals surface area contributed by atoms with Gasteiger partial charge in [-0.25, -0.2) is 4.68 Å². The summed E-state index contributed by atoms with van der Waals surface area (Å²) in [6.07, 6.45) is 2.38. The summed E-state index contributed by atoms with van der Waals surface area (Å²) in [7, 11) is 0. The maximum absolute atomic E-state index is 10.9. The third-order valence-corrected chi connectivity index (χ3v) is 3.11. The zero-order valence-corrected chi connectivity index (χ0v) is 8.25. The Labute approximate surface area is 85.8 Å². The number of ether oxygens (including phenoxy) is 1. The highest BCUT2D eigenvalue weighted by molar-refractivity contribution is 6.67. The predicted molar refractivity (Wildman–Crippen MR) is 49.6 cm³/mol. The SMILES string of the molecule is O=C(Cl)c1cc2n(n1)CC1(CC1)CO2. The van der Waals surface area contributed by atoms with Gasteiger partial charge in [-0.2, -0.15) is 5.10 Å². The Morgan fingerprint density at radius 3 is 3.07 bits per heavy atom. The van der Waals surface area contributed by atoms with Crippen LogP contribution < -0.4 is 4.74 Å². The number of aromatic nitrogens is 2. The first-order valence-corrected chi connectivity index (χ1v) is 4.97. The summed E-state index contributed by atoms with van der Waals surface area (Å²) in [5.41, 5.74) is 0.574. The number of hydrogen-bond acceptors (Lipinski definition) is 3. The Morgan fingerprint density at radius 1 is 1.64 bits per heavy atom. The van der Waals surface area contributed by atoms with Crippen LogP contribution in [0.1, 0.15) is 23.3 Å². The van der Waals surface area contributed by atoms with Crippen molar-refractivity contribution in [3.63, 3.8) is 0 Å². The first kappa shape index (κ1) is 8.29. The average Bonchev–Trinajstić information content (AvgIpc) is 2.76. The van der Waals surface area contributed by atoms with E-state index >= 15 is 0 Å². The molecule has 0 radical (unpaired) electrons. The van der Waals surface area contributed by atoms with Crippen molar-refractivity contribution in [3.05, 3.63) is 11.8 Å². The van der Waals surface area contributed by atoms with Crippen molar-refractivity contribution >= 4 is 16.8 Å². The lowest BCUT2D eigenvalue weighted by molar-refractivity contribution is 0.107. The minimum Gasteiger partial charge on any atom is -0.477 e. The average molecular weight is 213 g/mol. The van der Waals surface area contributed by atoms with Gasteiger partial charge in [-0.15, -0.1) is 0 Å². The molecular formula is C9H9ClN2O2. The summed E-state index contributed by atoms with van der Waals surface area (Å²) in [6.45, 7) is 1.60. The molecule has 74 valence electrons. The molecule has 1 spiro atoms. The minimum atomic E-state index is -0.527. The van der Waals surface area contributed by atoms with E-state index in [-0.39, 0.29) is 5.69 Å². The van der Waals surface area contributed by atoms with E-state index in [1.54, 1.807) is 10.7 Å². The van der Waals surface area contributed by atoms with Crippen LogP contribution in [0.15, 0.2) is 6.07 Å². The monoisotopic (exact) mass is 212 g/mol. The van der Waals surface area contributed by atoms with Gasteiger partial charge in [0.15, 0.2) is 0 Å². The van der Waals surface area contributed by atoms with Crippen LogP contribution >= 0.6 is 11.6 Å². The van der Waals surface area contributed by atoms with Gasteiger partial charge in [0.2, 0.25) is 5.88 Å². The molecule has 1 aliphatic heterocycles. The van der Waals surface area contributed by atoms with E-state index in [1.807, 2.05) is 0 Å². The highest BCUT2D eigenvalue weighted by atomic mass is 35.5. The van der Waals surface area contributed by atoms with E-state index in [0.717, 1.165) is 13.2 Å². The quantitative estimate of drug-likeness (QED) is 0.662. The van der Waals surface area contributed by atoms with Gasteiger partial charge in [0.05, 0.1) is 13.2 Å². The summed E-state index contributed by atoms with van der Waals surface area (Å²) >= 11 is 5.34. The molecule has 14 heavy (non-hydrogen) atoms. The molecule has 1 saturated carbocycles. The van der Waals surface area contributed by atoms with Crippen LogP contribution in [0.4, 0.5) is 0 Å². The lowest BCUT2D eigenvalue weighted by atomic mass is 10.1. The number of fused-ring (bicyclic) bond motifs is 1. The molecule has 2 heterocycles. The first-order valence-electron chi connectivity index (χ1n) is 4.59. The van der Waals surface area contributed by atoms with Crippen LogP contribution in [0.2, 0.25) is 0 Å². The fourth-order valence-corrected chi connectivity index (χ4v) is 1.89. The topological polar surface area (TPSA) is 44.1 Å². The Morgan fingerprint density at radius 2 is 2.43 bits per heavy atom. The molecule has 0 N–H and O–H groups in total. The molecule has 1 aromatic heterocycles. The van der Waals surface area contributed by atoms with Crippen LogP contribution in [0.5, 0.6) is 5.88 Å². The molecule has 1 fully saturated rings. The Kier molecular flexibility index (Phi) is 1.49. The number of nitrogens with zero attached hydrogens (tertiary/aromatic N) is 2. The smallest absolute Gasteiger partial charge is 0.272 e. The third-order valence-electron chi connectivity index (χ3n) is 2.91. The maximum atomic E-state index is 10.9. The molecule has 0 amide bonds. The second-order valence-electron chi connectivity index (χ2n) is 4.09. The van der Waals surface area contributed by atoms with Gasteiger partial charge in [0.25, 0.3) is 5.24 Å². The normalized spacial score (nSPS) is 21.5. The summed E-state index contributed by atoms with van der Waals surface area (Å²) in [6, 6.07) is 1.60. The summed E-state index contributed by atoms with van der Waals surface area (Å²) < 4.78 is 7.26. The molecule has 0 atom stereocenters. The lowest BCUT2D eigenvalue weighted by Crippen LogP contribution is -2.26. The number of carbonyl (C=O) groups excluding carboxylic acids is 1. The zero-order valence-electron chi connectivity index (χ0n) is 7.49. The molecule has 0 unspecified atom stereocenters. The van der Waals surface area contributed by atoms with Crippen molar-refractivity contribution in [3.8, 4) is 5.88 Å². The molecule has 0 bridgehead atoms. The highest BCUT2D eigenvalue weighted by Gasteiger charge is 2.47. The van der Waals surface area contributed by atoms with Crippen molar-refractivity contribution in [2.24, 2.45) is 5.41 Å². The summed E-state index contributed by atoms with van der Waals surface area (Å²) in [5, 5.41) is 3.57. The Balaban J connectivity index is 1.97. The first-order chi connectivity index (χ1) is 6.69. The number of hydrogen-bond donors (Lipinski definition) is 0. The van der Waals surface area contributed by atoms with E-state index in [4.69, 9.17) is 16.3 Å². The molecule has 5 heteroatoms. The lowest BCUT2D eigenvalue weighted by Gasteiger charge is -2.22. The van der Waals surface area contributed by atoms with Crippen molar-refractivity contribution in [1.82, 2.24) is 9.78 Å². The Hall–Kier alpha value is -1.03. The van der Waals surface area contributed by atoms with Gasteiger partial charge in [-0.3, -0.25) is 4.79 Å². The maximum Gasteiger partial charge on any atom is 0.272 e. The molecule has 2 aliphatic rings. The van der Waals surface area contributed by atoms with Crippen LogP contribution in [0.25, 0.3) is 0 Å². The second-order valence-corrected chi connectivity index (χ2v) is 4.43. The molecule has 1 aliphatic carbocycles. The number of rotatable bonds is 1. The van der Waals surface area contributed by atoms with E-state index in [2.05, 4.69) is 5.10 Å². The van der Waals surface area contributed by atoms with Gasteiger partial charge in [0.1, 0.15) is 5.69 Å². The molecule has 3 rings (SSSR count). The van der Waals surface area contributed by atoms with Crippen LogP contribution in [0, 0.1) is 5.41 Å². The van der Waals surface area contributed by atoms with Crippen LogP contribution in [0.3, 0.4) is 0 Å². The van der Waals surface area contributed by atoms with Gasteiger partial charge in [0, 0.05) is 11.5 Å². The summed E-state index contributed by atoms with van der Waals surface area (Å²) in [4.78, 5) is 10.9. The molecule has 4 nitrogen and oxygen atoms in total. The number of carbonyl (C=O) groups is 1. The molecule has 0 aromatic carbocycles. The number of halogens is 1. The minimum absolute atomic E-state index is 0.277.